The van der Waals surface area contributed by atoms with Gasteiger partial charge in [0.25, 0.3) is 5.69 Å². The molecular weight excluding hydrogens is 246 g/mol. The summed E-state index contributed by atoms with van der Waals surface area (Å²) >= 11 is 1.77. The molecule has 0 N–H and O–H groups in total. The predicted molar refractivity (Wildman–Crippen MR) is 74.9 cm³/mol. The fraction of sp³-hybridized carbons (Fsp3) is 0.143. The maximum Gasteiger partial charge on any atom is 0.269 e. The first kappa shape index (κ1) is 12.6. The van der Waals surface area contributed by atoms with Crippen LogP contribution in [0.2, 0.25) is 0 Å². The maximum atomic E-state index is 10.6. The van der Waals surface area contributed by atoms with Crippen molar-refractivity contribution in [2.45, 2.75) is 11.8 Å². The topological polar surface area (TPSA) is 43.1 Å². The van der Waals surface area contributed by atoms with Crippen molar-refractivity contribution in [3.05, 3.63) is 58.6 Å². The quantitative estimate of drug-likeness (QED) is 0.465. The Hall–Kier alpha value is -1.81. The van der Waals surface area contributed by atoms with Crippen LogP contribution in [0, 0.1) is 10.1 Å². The van der Waals surface area contributed by atoms with Gasteiger partial charge in [-0.25, -0.2) is 0 Å². The van der Waals surface area contributed by atoms with Crippen LogP contribution in [0.1, 0.15) is 6.92 Å². The van der Waals surface area contributed by atoms with Crippen molar-refractivity contribution >= 4 is 17.4 Å². The van der Waals surface area contributed by atoms with Gasteiger partial charge in [-0.3, -0.25) is 10.1 Å². The molecule has 0 aliphatic heterocycles. The van der Waals surface area contributed by atoms with Crippen molar-refractivity contribution in [1.82, 2.24) is 0 Å². The fourth-order valence-corrected chi connectivity index (χ4v) is 2.58. The van der Waals surface area contributed by atoms with Crippen LogP contribution in [0.4, 0.5) is 5.69 Å². The van der Waals surface area contributed by atoms with Gasteiger partial charge >= 0.3 is 0 Å². The van der Waals surface area contributed by atoms with Crippen LogP contribution in [-0.2, 0) is 0 Å². The minimum absolute atomic E-state index is 0.124. The summed E-state index contributed by atoms with van der Waals surface area (Å²) in [7, 11) is 0. The normalized spacial score (nSPS) is 10.3. The van der Waals surface area contributed by atoms with Crippen molar-refractivity contribution in [1.29, 1.82) is 0 Å². The van der Waals surface area contributed by atoms with E-state index in [1.54, 1.807) is 36.0 Å². The van der Waals surface area contributed by atoms with E-state index in [0.29, 0.717) is 0 Å². The Balaban J connectivity index is 2.39. The first-order chi connectivity index (χ1) is 8.72. The second-order valence-corrected chi connectivity index (χ2v) is 5.04. The van der Waals surface area contributed by atoms with Crippen LogP contribution in [-0.4, -0.2) is 10.7 Å². The second kappa shape index (κ2) is 5.69. The van der Waals surface area contributed by atoms with Crippen LogP contribution < -0.4 is 0 Å². The smallest absolute Gasteiger partial charge is 0.258 e. The van der Waals surface area contributed by atoms with Crippen molar-refractivity contribution < 1.29 is 4.92 Å². The number of nitro benzene ring substituents is 1. The summed E-state index contributed by atoms with van der Waals surface area (Å²) in [6, 6.07) is 14.8. The van der Waals surface area contributed by atoms with Gasteiger partial charge in [0.05, 0.1) is 4.92 Å². The van der Waals surface area contributed by atoms with E-state index in [1.165, 1.54) is 4.90 Å². The zero-order chi connectivity index (χ0) is 13.0. The standard InChI is InChI=1S/C14H13NO2S/c1-2-18-14-6-4-3-5-13(14)11-7-9-12(10-8-11)15(16)17/h3-10H,2H2,1H3. The molecule has 18 heavy (non-hydrogen) atoms. The minimum atomic E-state index is -0.378. The van der Waals surface area contributed by atoms with Gasteiger partial charge in [-0.2, -0.15) is 0 Å². The number of benzene rings is 2. The first-order valence-electron chi connectivity index (χ1n) is 5.69. The molecule has 0 saturated carbocycles. The number of nitrogens with zero attached hydrogens (tertiary/aromatic N) is 1. The SMILES string of the molecule is CCSc1ccccc1-c1ccc([N+](=O)[O-])cc1. The average molecular weight is 259 g/mol. The molecule has 2 rings (SSSR count). The Bertz CT molecular complexity index is 552. The number of nitro groups is 1. The van der Waals surface area contributed by atoms with E-state index in [1.807, 2.05) is 18.2 Å². The van der Waals surface area contributed by atoms with E-state index < -0.39 is 0 Å². The molecule has 0 bridgehead atoms. The summed E-state index contributed by atoms with van der Waals surface area (Å²) in [4.78, 5) is 11.4. The van der Waals surface area contributed by atoms with Crippen LogP contribution in [0.15, 0.2) is 53.4 Å². The largest absolute Gasteiger partial charge is 0.269 e. The lowest BCUT2D eigenvalue weighted by atomic mass is 10.1. The number of thioether (sulfide) groups is 1. The van der Waals surface area contributed by atoms with Crippen LogP contribution in [0.5, 0.6) is 0 Å². The fourth-order valence-electron chi connectivity index (χ4n) is 1.75. The minimum Gasteiger partial charge on any atom is -0.258 e. The van der Waals surface area contributed by atoms with Gasteiger partial charge in [0.15, 0.2) is 0 Å². The van der Waals surface area contributed by atoms with E-state index in [-0.39, 0.29) is 10.6 Å². The summed E-state index contributed by atoms with van der Waals surface area (Å²) in [6.45, 7) is 2.11. The third kappa shape index (κ3) is 2.71. The summed E-state index contributed by atoms with van der Waals surface area (Å²) in [5.41, 5.74) is 2.26. The summed E-state index contributed by atoms with van der Waals surface area (Å²) in [6.07, 6.45) is 0. The van der Waals surface area contributed by atoms with Gasteiger partial charge in [-0.15, -0.1) is 11.8 Å². The lowest BCUT2D eigenvalue weighted by molar-refractivity contribution is -0.384. The average Bonchev–Trinajstić information content (AvgIpc) is 2.40. The molecule has 4 heteroatoms. The highest BCUT2D eigenvalue weighted by atomic mass is 32.2. The number of hydrogen-bond acceptors (Lipinski definition) is 3. The maximum absolute atomic E-state index is 10.6. The Kier molecular flexibility index (Phi) is 3.99. The van der Waals surface area contributed by atoms with Crippen LogP contribution in [0.3, 0.4) is 0 Å². The Morgan fingerprint density at radius 2 is 1.78 bits per heavy atom. The lowest BCUT2D eigenvalue weighted by Gasteiger charge is -2.07. The molecule has 92 valence electrons. The Morgan fingerprint density at radius 1 is 1.11 bits per heavy atom. The number of hydrogen-bond donors (Lipinski definition) is 0. The van der Waals surface area contributed by atoms with Crippen LogP contribution in [0.25, 0.3) is 11.1 Å². The molecule has 0 amide bonds. The third-order valence-electron chi connectivity index (χ3n) is 2.58. The highest BCUT2D eigenvalue weighted by Crippen LogP contribution is 2.31. The Morgan fingerprint density at radius 3 is 2.39 bits per heavy atom. The number of rotatable bonds is 4. The first-order valence-corrected chi connectivity index (χ1v) is 6.67. The molecule has 0 aliphatic rings. The number of non-ortho nitro benzene ring substituents is 1. The van der Waals surface area contributed by atoms with Gasteiger partial charge in [-0.1, -0.05) is 25.1 Å². The second-order valence-electron chi connectivity index (χ2n) is 3.73. The van der Waals surface area contributed by atoms with E-state index in [4.69, 9.17) is 0 Å². The third-order valence-corrected chi connectivity index (χ3v) is 3.53. The molecule has 0 spiro atoms. The summed E-state index contributed by atoms with van der Waals surface area (Å²) in [5, 5.41) is 10.6. The van der Waals surface area contributed by atoms with Crippen molar-refractivity contribution in [2.24, 2.45) is 0 Å². The summed E-state index contributed by atoms with van der Waals surface area (Å²) < 4.78 is 0. The molecule has 0 saturated heterocycles. The van der Waals surface area contributed by atoms with Crippen molar-refractivity contribution in [2.75, 3.05) is 5.75 Å². The van der Waals surface area contributed by atoms with Crippen molar-refractivity contribution in [3.8, 4) is 11.1 Å². The van der Waals surface area contributed by atoms with Crippen molar-refractivity contribution in [3.63, 3.8) is 0 Å². The molecule has 2 aromatic carbocycles. The molecule has 0 heterocycles. The van der Waals surface area contributed by atoms with Gasteiger partial charge in [0, 0.05) is 17.0 Å². The van der Waals surface area contributed by atoms with E-state index in [9.17, 15) is 10.1 Å². The Labute approximate surface area is 110 Å². The molecular formula is C14H13NO2S. The molecule has 0 fully saturated rings. The van der Waals surface area contributed by atoms with Gasteiger partial charge in [0.2, 0.25) is 0 Å². The van der Waals surface area contributed by atoms with E-state index in [0.717, 1.165) is 16.9 Å². The lowest BCUT2D eigenvalue weighted by Crippen LogP contribution is -1.88. The monoisotopic (exact) mass is 259 g/mol. The van der Waals surface area contributed by atoms with Gasteiger partial charge < -0.3 is 0 Å². The predicted octanol–water partition coefficient (Wildman–Crippen LogP) is 4.37. The molecule has 0 aromatic heterocycles. The van der Waals surface area contributed by atoms with E-state index in [2.05, 4.69) is 13.0 Å². The summed E-state index contributed by atoms with van der Waals surface area (Å²) in [5.74, 6) is 1.00. The molecule has 3 nitrogen and oxygen atoms in total. The molecule has 0 aliphatic carbocycles. The molecule has 2 aromatic rings. The van der Waals surface area contributed by atoms with E-state index >= 15 is 0 Å². The zero-order valence-electron chi connectivity index (χ0n) is 10.00. The van der Waals surface area contributed by atoms with Gasteiger partial charge in [-0.05, 0) is 35.1 Å². The molecule has 0 radical (unpaired) electrons. The highest BCUT2D eigenvalue weighted by molar-refractivity contribution is 7.99. The highest BCUT2D eigenvalue weighted by Gasteiger charge is 2.07. The van der Waals surface area contributed by atoms with Gasteiger partial charge in [0.1, 0.15) is 0 Å². The zero-order valence-corrected chi connectivity index (χ0v) is 10.8. The molecule has 0 atom stereocenters. The molecule has 0 unspecified atom stereocenters. The van der Waals surface area contributed by atoms with Crippen LogP contribution >= 0.6 is 11.8 Å².